The topological polar surface area (TPSA) is 89.2 Å². The van der Waals surface area contributed by atoms with Crippen molar-refractivity contribution < 1.29 is 8.42 Å². The summed E-state index contributed by atoms with van der Waals surface area (Å²) in [5, 5.41) is 12.5. The van der Waals surface area contributed by atoms with E-state index in [1.807, 2.05) is 6.92 Å². The van der Waals surface area contributed by atoms with Gasteiger partial charge in [0.2, 0.25) is 14.9 Å². The minimum Gasteiger partial charge on any atom is -0.369 e. The van der Waals surface area contributed by atoms with Gasteiger partial charge in [0.25, 0.3) is 0 Å². The summed E-state index contributed by atoms with van der Waals surface area (Å²) in [5.41, 5.74) is 1.92. The lowest BCUT2D eigenvalue weighted by atomic mass is 10.2. The van der Waals surface area contributed by atoms with Gasteiger partial charge in [-0.2, -0.15) is 4.52 Å². The Morgan fingerprint density at radius 2 is 1.87 bits per heavy atom. The summed E-state index contributed by atoms with van der Waals surface area (Å²) in [7, 11) is -3.88. The molecule has 2 heterocycles. The summed E-state index contributed by atoms with van der Waals surface area (Å²) >= 11 is 6.19. The predicted molar refractivity (Wildman–Crippen MR) is 118 cm³/mol. The number of rotatable bonds is 7. The van der Waals surface area contributed by atoms with Crippen molar-refractivity contribution in [2.24, 2.45) is 0 Å². The molecule has 0 saturated heterocycles. The fraction of sp³-hybridized carbons (Fsp3) is 0.286. The van der Waals surface area contributed by atoms with Gasteiger partial charge >= 0.3 is 0 Å². The molecule has 0 atom stereocenters. The second-order valence-electron chi connectivity index (χ2n) is 7.03. The van der Waals surface area contributed by atoms with Crippen molar-refractivity contribution in [3.63, 3.8) is 0 Å². The number of nitrogens with zero attached hydrogens (tertiary/aromatic N) is 4. The lowest BCUT2D eigenvalue weighted by Crippen LogP contribution is -2.08. The molecule has 0 aliphatic heterocycles. The van der Waals surface area contributed by atoms with Gasteiger partial charge in [-0.1, -0.05) is 49.2 Å². The molecule has 0 amide bonds. The summed E-state index contributed by atoms with van der Waals surface area (Å²) in [4.78, 5) is 4.76. The average Bonchev–Trinajstić information content (AvgIpc) is 3.18. The smallest absolute Gasteiger partial charge is 0.229 e. The number of aromatic nitrogens is 4. The summed E-state index contributed by atoms with van der Waals surface area (Å²) in [6, 6.07) is 12.1. The first-order valence-electron chi connectivity index (χ1n) is 9.88. The summed E-state index contributed by atoms with van der Waals surface area (Å²) in [5.74, 6) is 0.563. The van der Waals surface area contributed by atoms with E-state index in [9.17, 15) is 8.42 Å². The first-order chi connectivity index (χ1) is 14.5. The van der Waals surface area contributed by atoms with Crippen molar-refractivity contribution in [2.75, 3.05) is 11.9 Å². The highest BCUT2D eigenvalue weighted by Gasteiger charge is 2.27. The standard InChI is InChI=1S/C21H22ClN5O2S/c1-3-5-12-23-19-17-13-15(22)8-11-18(17)27-20(24-19)21(25-26-27)30(28,29)16-9-6-14(4-2)7-10-16/h6-11,13H,3-5,12H2,1-2H3,(H,23,24). The molecular formula is C21H22ClN5O2S. The van der Waals surface area contributed by atoms with Crippen molar-refractivity contribution in [2.45, 2.75) is 43.0 Å². The molecule has 1 N–H and O–H groups in total. The van der Waals surface area contributed by atoms with E-state index in [0.717, 1.165) is 30.2 Å². The Morgan fingerprint density at radius 1 is 1.10 bits per heavy atom. The maximum absolute atomic E-state index is 13.3. The van der Waals surface area contributed by atoms with Crippen LogP contribution in [0.25, 0.3) is 16.6 Å². The van der Waals surface area contributed by atoms with Gasteiger partial charge in [-0.15, -0.1) is 5.10 Å². The third-order valence-corrected chi connectivity index (χ3v) is 6.90. The van der Waals surface area contributed by atoms with E-state index in [-0.39, 0.29) is 15.6 Å². The molecule has 9 heteroatoms. The van der Waals surface area contributed by atoms with Crippen LogP contribution in [-0.4, -0.2) is 34.8 Å². The number of benzene rings is 2. The van der Waals surface area contributed by atoms with Crippen LogP contribution in [0.2, 0.25) is 5.02 Å². The van der Waals surface area contributed by atoms with Crippen molar-refractivity contribution >= 4 is 43.8 Å². The van der Waals surface area contributed by atoms with Crippen LogP contribution in [-0.2, 0) is 16.3 Å². The first-order valence-corrected chi connectivity index (χ1v) is 11.7. The zero-order valence-corrected chi connectivity index (χ0v) is 18.3. The number of hydrogen-bond donors (Lipinski definition) is 1. The number of anilines is 1. The molecule has 0 radical (unpaired) electrons. The van der Waals surface area contributed by atoms with Gasteiger partial charge in [0.15, 0.2) is 5.65 Å². The molecule has 4 rings (SSSR count). The highest BCUT2D eigenvalue weighted by Crippen LogP contribution is 2.29. The van der Waals surface area contributed by atoms with Gasteiger partial charge in [0.05, 0.1) is 10.4 Å². The van der Waals surface area contributed by atoms with Crippen LogP contribution in [0.15, 0.2) is 52.4 Å². The van der Waals surface area contributed by atoms with E-state index in [1.165, 1.54) is 4.52 Å². The Bertz CT molecular complexity index is 1320. The number of unbranched alkanes of at least 4 members (excludes halogenated alkanes) is 1. The Hall–Kier alpha value is -2.71. The highest BCUT2D eigenvalue weighted by atomic mass is 35.5. The fourth-order valence-corrected chi connectivity index (χ4v) is 4.68. The number of nitrogens with one attached hydrogen (secondary N) is 1. The molecule has 0 spiro atoms. The molecule has 0 unspecified atom stereocenters. The molecule has 156 valence electrons. The van der Waals surface area contributed by atoms with E-state index in [4.69, 9.17) is 11.6 Å². The third-order valence-electron chi connectivity index (χ3n) is 5.00. The Labute approximate surface area is 180 Å². The van der Waals surface area contributed by atoms with Gasteiger partial charge in [-0.05, 0) is 48.7 Å². The molecule has 2 aromatic heterocycles. The van der Waals surface area contributed by atoms with Crippen LogP contribution in [0.4, 0.5) is 5.82 Å². The van der Waals surface area contributed by atoms with E-state index < -0.39 is 9.84 Å². The largest absolute Gasteiger partial charge is 0.369 e. The van der Waals surface area contributed by atoms with Gasteiger partial charge in [0.1, 0.15) is 5.82 Å². The number of sulfone groups is 1. The Balaban J connectivity index is 1.91. The van der Waals surface area contributed by atoms with Crippen molar-refractivity contribution in [3.8, 4) is 0 Å². The quantitative estimate of drug-likeness (QED) is 0.422. The second kappa shape index (κ2) is 8.20. The maximum atomic E-state index is 13.3. The molecule has 7 nitrogen and oxygen atoms in total. The maximum Gasteiger partial charge on any atom is 0.229 e. The van der Waals surface area contributed by atoms with Crippen molar-refractivity contribution in [1.29, 1.82) is 0 Å². The second-order valence-corrected chi connectivity index (χ2v) is 9.33. The SMILES string of the molecule is CCCCNc1nc2c(S(=O)(=O)c3ccc(CC)cc3)nnn2c2ccc(Cl)cc12. The summed E-state index contributed by atoms with van der Waals surface area (Å²) in [6.07, 6.45) is 2.81. The summed E-state index contributed by atoms with van der Waals surface area (Å²) < 4.78 is 28.0. The van der Waals surface area contributed by atoms with Crippen molar-refractivity contribution in [1.82, 2.24) is 19.8 Å². The zero-order chi connectivity index (χ0) is 21.3. The van der Waals surface area contributed by atoms with Gasteiger partial charge in [-0.25, -0.2) is 13.4 Å². The highest BCUT2D eigenvalue weighted by molar-refractivity contribution is 7.91. The fourth-order valence-electron chi connectivity index (χ4n) is 3.28. The molecule has 4 aromatic rings. The van der Waals surface area contributed by atoms with Crippen LogP contribution in [0, 0.1) is 0 Å². The average molecular weight is 444 g/mol. The van der Waals surface area contributed by atoms with Crippen LogP contribution >= 0.6 is 11.6 Å². The molecule has 0 aliphatic rings. The molecule has 30 heavy (non-hydrogen) atoms. The minimum absolute atomic E-state index is 0.165. The Kier molecular flexibility index (Phi) is 5.62. The lowest BCUT2D eigenvalue weighted by Gasteiger charge is -2.10. The third kappa shape index (κ3) is 3.61. The normalized spacial score (nSPS) is 12.0. The lowest BCUT2D eigenvalue weighted by molar-refractivity contribution is 0.592. The number of hydrogen-bond acceptors (Lipinski definition) is 6. The summed E-state index contributed by atoms with van der Waals surface area (Å²) in [6.45, 7) is 4.83. The van der Waals surface area contributed by atoms with E-state index in [1.54, 1.807) is 42.5 Å². The van der Waals surface area contributed by atoms with E-state index in [2.05, 4.69) is 27.5 Å². The number of aryl methyl sites for hydroxylation is 1. The van der Waals surface area contributed by atoms with Crippen LogP contribution in [0.5, 0.6) is 0 Å². The molecule has 0 saturated carbocycles. The molecular weight excluding hydrogens is 422 g/mol. The zero-order valence-electron chi connectivity index (χ0n) is 16.8. The van der Waals surface area contributed by atoms with Gasteiger partial charge in [-0.3, -0.25) is 0 Å². The molecule has 2 aromatic carbocycles. The van der Waals surface area contributed by atoms with Crippen LogP contribution in [0.3, 0.4) is 0 Å². The predicted octanol–water partition coefficient (Wildman–Crippen LogP) is 4.54. The van der Waals surface area contributed by atoms with Crippen LogP contribution in [0.1, 0.15) is 32.3 Å². The minimum atomic E-state index is -3.88. The van der Waals surface area contributed by atoms with E-state index in [0.29, 0.717) is 22.9 Å². The molecule has 0 aliphatic carbocycles. The van der Waals surface area contributed by atoms with Gasteiger partial charge < -0.3 is 5.32 Å². The van der Waals surface area contributed by atoms with Crippen LogP contribution < -0.4 is 5.32 Å². The van der Waals surface area contributed by atoms with Gasteiger partial charge in [0, 0.05) is 17.0 Å². The number of halogens is 1. The first kappa shape index (κ1) is 20.6. The van der Waals surface area contributed by atoms with E-state index >= 15 is 0 Å². The molecule has 0 bridgehead atoms. The molecule has 0 fully saturated rings. The van der Waals surface area contributed by atoms with Crippen molar-refractivity contribution in [3.05, 3.63) is 53.1 Å². The monoisotopic (exact) mass is 443 g/mol. The number of fused-ring (bicyclic) bond motifs is 3. The Morgan fingerprint density at radius 3 is 2.57 bits per heavy atom.